The van der Waals surface area contributed by atoms with E-state index < -0.39 is 0 Å². The van der Waals surface area contributed by atoms with Crippen LogP contribution in [0.15, 0.2) is 11.1 Å². The zero-order chi connectivity index (χ0) is 9.84. The lowest BCUT2D eigenvalue weighted by atomic mass is 10.4. The van der Waals surface area contributed by atoms with Gasteiger partial charge in [0.15, 0.2) is 0 Å². The number of halogens is 1. The summed E-state index contributed by atoms with van der Waals surface area (Å²) in [7, 11) is 0. The fourth-order valence-corrected chi connectivity index (χ4v) is 1.72. The summed E-state index contributed by atoms with van der Waals surface area (Å²) in [5.74, 6) is 0.945. The van der Waals surface area contributed by atoms with Crippen molar-refractivity contribution in [1.82, 2.24) is 9.55 Å². The van der Waals surface area contributed by atoms with Gasteiger partial charge in [-0.05, 0) is 35.8 Å². The topological polar surface area (TPSA) is 34.9 Å². The van der Waals surface area contributed by atoms with Crippen molar-refractivity contribution in [3.63, 3.8) is 0 Å². The van der Waals surface area contributed by atoms with Gasteiger partial charge in [0.1, 0.15) is 0 Å². The first-order valence-electron chi connectivity index (χ1n) is 3.87. The van der Waals surface area contributed by atoms with Crippen LogP contribution < -0.4 is 5.56 Å². The lowest BCUT2D eigenvalue weighted by Crippen LogP contribution is -2.24. The molecule has 5 heteroatoms. The summed E-state index contributed by atoms with van der Waals surface area (Å²) < 4.78 is 2.38. The highest BCUT2D eigenvalue weighted by Gasteiger charge is 2.03. The second-order valence-electron chi connectivity index (χ2n) is 2.64. The highest BCUT2D eigenvalue weighted by molar-refractivity contribution is 14.1. The van der Waals surface area contributed by atoms with Gasteiger partial charge in [-0.1, -0.05) is 0 Å². The van der Waals surface area contributed by atoms with Crippen molar-refractivity contribution in [2.24, 2.45) is 0 Å². The predicted octanol–water partition coefficient (Wildman–Crippen LogP) is 1.52. The molecule has 0 bridgehead atoms. The van der Waals surface area contributed by atoms with Gasteiger partial charge in [0, 0.05) is 12.3 Å². The van der Waals surface area contributed by atoms with Crippen LogP contribution in [0.2, 0.25) is 0 Å². The number of hydrogen-bond acceptors (Lipinski definition) is 3. The van der Waals surface area contributed by atoms with Crippen LogP contribution >= 0.6 is 34.4 Å². The van der Waals surface area contributed by atoms with Gasteiger partial charge < -0.3 is 0 Å². The molecule has 1 aromatic rings. The monoisotopic (exact) mass is 310 g/mol. The van der Waals surface area contributed by atoms with Gasteiger partial charge in [-0.2, -0.15) is 11.8 Å². The average molecular weight is 310 g/mol. The molecule has 1 aromatic heterocycles. The molecule has 0 aliphatic carbocycles. The lowest BCUT2D eigenvalue weighted by molar-refractivity contribution is 0.703. The van der Waals surface area contributed by atoms with Crippen LogP contribution in [0.4, 0.5) is 0 Å². The summed E-state index contributed by atoms with van der Waals surface area (Å²) in [5.41, 5.74) is 0.883. The Hall–Kier alpha value is -0.0400. The molecule has 0 atom stereocenters. The summed E-state index contributed by atoms with van der Waals surface area (Å²) in [6.07, 6.45) is 3.65. The van der Waals surface area contributed by atoms with Gasteiger partial charge in [-0.15, -0.1) is 0 Å². The van der Waals surface area contributed by atoms with E-state index in [2.05, 4.69) is 4.98 Å². The molecule has 1 rings (SSSR count). The lowest BCUT2D eigenvalue weighted by Gasteiger charge is -2.04. The van der Waals surface area contributed by atoms with Crippen LogP contribution in [0.25, 0.3) is 0 Å². The maximum absolute atomic E-state index is 11.6. The minimum Gasteiger partial charge on any atom is -0.298 e. The van der Waals surface area contributed by atoms with Crippen LogP contribution in [0.5, 0.6) is 0 Å². The van der Waals surface area contributed by atoms with Crippen molar-refractivity contribution in [2.45, 2.75) is 13.5 Å². The average Bonchev–Trinajstić information content (AvgIpc) is 2.13. The molecule has 0 amide bonds. The second kappa shape index (κ2) is 4.99. The van der Waals surface area contributed by atoms with Crippen molar-refractivity contribution in [3.8, 4) is 0 Å². The number of aromatic nitrogens is 2. The molecule has 0 radical (unpaired) electrons. The molecule has 1 heterocycles. The molecule has 0 spiro atoms. The Labute approximate surface area is 95.1 Å². The molecule has 13 heavy (non-hydrogen) atoms. The van der Waals surface area contributed by atoms with Gasteiger partial charge in [-0.3, -0.25) is 9.36 Å². The van der Waals surface area contributed by atoms with Crippen molar-refractivity contribution in [1.29, 1.82) is 0 Å². The Morgan fingerprint density at radius 1 is 1.69 bits per heavy atom. The van der Waals surface area contributed by atoms with E-state index in [4.69, 9.17) is 0 Å². The number of thioether (sulfide) groups is 1. The number of rotatable bonds is 3. The van der Waals surface area contributed by atoms with E-state index in [1.54, 1.807) is 22.7 Å². The van der Waals surface area contributed by atoms with Crippen LogP contribution in [-0.4, -0.2) is 21.6 Å². The number of hydrogen-bond donors (Lipinski definition) is 0. The molecule has 0 unspecified atom stereocenters. The Bertz CT molecular complexity index is 350. The molecule has 72 valence electrons. The molecule has 0 aromatic carbocycles. The SMILES string of the molecule is CSCCn1cnc(C)c(I)c1=O. The normalized spacial score (nSPS) is 10.4. The summed E-state index contributed by atoms with van der Waals surface area (Å²) in [4.78, 5) is 15.7. The summed E-state index contributed by atoms with van der Waals surface area (Å²) >= 11 is 3.77. The molecule has 0 aliphatic rings. The highest BCUT2D eigenvalue weighted by atomic mass is 127. The summed E-state index contributed by atoms with van der Waals surface area (Å²) in [6.45, 7) is 2.59. The fraction of sp³-hybridized carbons (Fsp3) is 0.500. The van der Waals surface area contributed by atoms with Crippen molar-refractivity contribution >= 4 is 34.4 Å². The molecule has 3 nitrogen and oxygen atoms in total. The minimum atomic E-state index is 0.0714. The standard InChI is InChI=1S/C8H11IN2OS/c1-6-7(9)8(12)11(5-10-6)3-4-13-2/h5H,3-4H2,1-2H3. The smallest absolute Gasteiger partial charge is 0.267 e. The van der Waals surface area contributed by atoms with Crippen LogP contribution in [-0.2, 0) is 6.54 Å². The third kappa shape index (κ3) is 2.70. The third-order valence-corrected chi connectivity index (χ3v) is 3.53. The van der Waals surface area contributed by atoms with Crippen molar-refractivity contribution < 1.29 is 0 Å². The van der Waals surface area contributed by atoms with Crippen LogP contribution in [0, 0.1) is 10.5 Å². The maximum atomic E-state index is 11.6. The predicted molar refractivity (Wildman–Crippen MR) is 64.3 cm³/mol. The Morgan fingerprint density at radius 2 is 2.38 bits per heavy atom. The van der Waals surface area contributed by atoms with Crippen LogP contribution in [0.1, 0.15) is 5.69 Å². The van der Waals surface area contributed by atoms with Crippen molar-refractivity contribution in [3.05, 3.63) is 25.9 Å². The quantitative estimate of drug-likeness (QED) is 0.794. The van der Waals surface area contributed by atoms with Gasteiger partial charge in [0.25, 0.3) is 5.56 Å². The van der Waals surface area contributed by atoms with E-state index in [9.17, 15) is 4.79 Å². The van der Waals surface area contributed by atoms with E-state index in [1.807, 2.05) is 35.8 Å². The zero-order valence-electron chi connectivity index (χ0n) is 7.58. The highest BCUT2D eigenvalue weighted by Crippen LogP contribution is 2.01. The molecule has 0 aliphatic heterocycles. The molecule has 0 fully saturated rings. The third-order valence-electron chi connectivity index (χ3n) is 1.69. The molecule has 0 N–H and O–H groups in total. The maximum Gasteiger partial charge on any atom is 0.267 e. The van der Waals surface area contributed by atoms with E-state index in [-0.39, 0.29) is 5.56 Å². The largest absolute Gasteiger partial charge is 0.298 e. The zero-order valence-corrected chi connectivity index (χ0v) is 10.6. The van der Waals surface area contributed by atoms with Gasteiger partial charge in [0.05, 0.1) is 15.6 Å². The summed E-state index contributed by atoms with van der Waals surface area (Å²) in [5, 5.41) is 0. The summed E-state index contributed by atoms with van der Waals surface area (Å²) in [6, 6.07) is 0. The number of nitrogens with zero attached hydrogens (tertiary/aromatic N) is 2. The first-order valence-corrected chi connectivity index (χ1v) is 6.34. The molecule has 0 saturated heterocycles. The molecular weight excluding hydrogens is 299 g/mol. The number of aryl methyl sites for hydroxylation is 2. The molecule has 0 saturated carbocycles. The van der Waals surface area contributed by atoms with Crippen molar-refractivity contribution in [2.75, 3.05) is 12.0 Å². The Morgan fingerprint density at radius 3 is 3.00 bits per heavy atom. The minimum absolute atomic E-state index is 0.0714. The van der Waals surface area contributed by atoms with E-state index >= 15 is 0 Å². The van der Waals surface area contributed by atoms with Crippen LogP contribution in [0.3, 0.4) is 0 Å². The van der Waals surface area contributed by atoms with Gasteiger partial charge >= 0.3 is 0 Å². The van der Waals surface area contributed by atoms with Gasteiger partial charge in [-0.25, -0.2) is 4.98 Å². The van der Waals surface area contributed by atoms with Gasteiger partial charge in [0.2, 0.25) is 0 Å². The second-order valence-corrected chi connectivity index (χ2v) is 4.70. The first-order chi connectivity index (χ1) is 6.16. The van der Waals surface area contributed by atoms with E-state index in [0.717, 1.165) is 21.6 Å². The van der Waals surface area contributed by atoms with E-state index in [0.29, 0.717) is 0 Å². The van der Waals surface area contributed by atoms with E-state index in [1.165, 1.54) is 0 Å². The Balaban J connectivity index is 2.97. The fourth-order valence-electron chi connectivity index (χ4n) is 0.895. The first kappa shape index (κ1) is 11.0. The molecular formula is C8H11IN2OS. The Kier molecular flexibility index (Phi) is 4.24.